The van der Waals surface area contributed by atoms with Crippen molar-refractivity contribution in [1.82, 2.24) is 25.5 Å². The minimum Gasteiger partial charge on any atom is -0.383 e. The number of hydrogen-bond donors (Lipinski definition) is 6. The predicted octanol–water partition coefficient (Wildman–Crippen LogP) is 2.87. The van der Waals surface area contributed by atoms with Gasteiger partial charge >= 0.3 is 7.60 Å². The molecule has 0 bridgehead atoms. The Labute approximate surface area is 246 Å². The third-order valence-corrected chi connectivity index (χ3v) is 10.7. The molecule has 1 aliphatic heterocycles. The molecule has 1 saturated heterocycles. The fourth-order valence-electron chi connectivity index (χ4n) is 6.84. The third kappa shape index (κ3) is 10.0. The number of anilines is 3. The quantitative estimate of drug-likeness (QED) is 0.177. The molecule has 41 heavy (non-hydrogen) atoms. The van der Waals surface area contributed by atoms with Crippen LogP contribution in [0.25, 0.3) is 0 Å². The molecular formula is C29H53N8O3P. The number of nitrogens with one attached hydrogen (secondary N) is 3. The van der Waals surface area contributed by atoms with Gasteiger partial charge in [0.2, 0.25) is 5.95 Å². The van der Waals surface area contributed by atoms with Crippen molar-refractivity contribution in [2.24, 2.45) is 17.3 Å². The lowest BCUT2D eigenvalue weighted by molar-refractivity contribution is 0.263. The van der Waals surface area contributed by atoms with Gasteiger partial charge in [0.1, 0.15) is 11.6 Å². The van der Waals surface area contributed by atoms with E-state index in [2.05, 4.69) is 30.7 Å². The van der Waals surface area contributed by atoms with Crippen molar-refractivity contribution in [1.29, 1.82) is 0 Å². The van der Waals surface area contributed by atoms with E-state index in [0.29, 0.717) is 29.6 Å². The van der Waals surface area contributed by atoms with Crippen LogP contribution in [-0.4, -0.2) is 95.8 Å². The van der Waals surface area contributed by atoms with Crippen molar-refractivity contribution >= 4 is 25.2 Å². The highest BCUT2D eigenvalue weighted by Gasteiger charge is 2.42. The first-order valence-corrected chi connectivity index (χ1v) is 17.9. The average Bonchev–Trinajstić information content (AvgIpc) is 3.75. The summed E-state index contributed by atoms with van der Waals surface area (Å²) in [6.07, 6.45) is 14.7. The molecule has 3 aliphatic carbocycles. The van der Waals surface area contributed by atoms with Gasteiger partial charge in [-0.2, -0.15) is 9.97 Å². The summed E-state index contributed by atoms with van der Waals surface area (Å²) in [6, 6.07) is 2.58. The topological polar surface area (TPSA) is 152 Å². The number of rotatable bonds is 14. The minimum absolute atomic E-state index is 0.0985. The number of hydrogen-bond acceptors (Lipinski definition) is 9. The molecule has 1 aromatic rings. The Bertz CT molecular complexity index is 1000. The van der Waals surface area contributed by atoms with Crippen molar-refractivity contribution in [3.05, 3.63) is 6.07 Å². The van der Waals surface area contributed by atoms with Gasteiger partial charge in [-0.25, -0.2) is 0 Å². The van der Waals surface area contributed by atoms with Gasteiger partial charge in [0.25, 0.3) is 0 Å². The molecule has 4 fully saturated rings. The number of nitrogens with two attached hydrogens (primary N) is 1. The Hall–Kier alpha value is -1.49. The van der Waals surface area contributed by atoms with Crippen LogP contribution in [0.3, 0.4) is 0 Å². The first-order valence-electron chi connectivity index (χ1n) is 16.1. The van der Waals surface area contributed by atoms with E-state index in [1.165, 1.54) is 83.7 Å². The van der Waals surface area contributed by atoms with Crippen LogP contribution < -0.4 is 26.6 Å². The zero-order valence-electron chi connectivity index (χ0n) is 24.8. The summed E-state index contributed by atoms with van der Waals surface area (Å²) in [5.41, 5.74) is 6.65. The number of aromatic nitrogens is 2. The maximum Gasteiger partial charge on any atom is 0.326 e. The van der Waals surface area contributed by atoms with Gasteiger partial charge in [-0.05, 0) is 75.2 Å². The normalized spacial score (nSPS) is 25.8. The molecule has 0 radical (unpaired) electrons. The second kappa shape index (κ2) is 14.3. The summed E-state index contributed by atoms with van der Waals surface area (Å²) in [6.45, 7) is 7.77. The molecule has 0 atom stereocenters. The van der Waals surface area contributed by atoms with E-state index < -0.39 is 7.60 Å². The van der Waals surface area contributed by atoms with Crippen LogP contribution in [0, 0.1) is 17.3 Å². The van der Waals surface area contributed by atoms with E-state index in [1.807, 2.05) is 6.07 Å². The summed E-state index contributed by atoms with van der Waals surface area (Å²) in [5, 5.41) is 11.2. The van der Waals surface area contributed by atoms with Crippen molar-refractivity contribution < 1.29 is 14.4 Å². The highest BCUT2D eigenvalue weighted by molar-refractivity contribution is 7.51. The first-order chi connectivity index (χ1) is 19.8. The second-order valence-electron chi connectivity index (χ2n) is 13.3. The van der Waals surface area contributed by atoms with Crippen LogP contribution >= 0.6 is 7.60 Å². The second-order valence-corrected chi connectivity index (χ2v) is 15.1. The van der Waals surface area contributed by atoms with E-state index in [9.17, 15) is 4.57 Å². The monoisotopic (exact) mass is 592 g/mol. The van der Waals surface area contributed by atoms with Gasteiger partial charge < -0.3 is 36.4 Å². The van der Waals surface area contributed by atoms with Crippen LogP contribution in [0.4, 0.5) is 17.6 Å². The molecule has 0 spiro atoms. The van der Waals surface area contributed by atoms with Gasteiger partial charge in [-0.1, -0.05) is 19.3 Å². The van der Waals surface area contributed by atoms with E-state index in [-0.39, 0.29) is 6.16 Å². The maximum atomic E-state index is 11.2. The Morgan fingerprint density at radius 1 is 0.927 bits per heavy atom. The lowest BCUT2D eigenvalue weighted by Crippen LogP contribution is -2.47. The lowest BCUT2D eigenvalue weighted by Gasteiger charge is -2.35. The van der Waals surface area contributed by atoms with E-state index >= 15 is 0 Å². The van der Waals surface area contributed by atoms with Crippen molar-refractivity contribution in [2.45, 2.75) is 76.7 Å². The Morgan fingerprint density at radius 2 is 1.61 bits per heavy atom. The standard InChI is InChI=1S/C29H53N8O3P/c30-26-18-27(37-14-12-36(13-15-37)16-17-41(38,39)40)35-28(34-26)32-20-24-8-6-23(7-9-24)19-31-21-29(10-11-29)22-33-25-4-2-1-3-5-25/h18,23-25,31,33H,1-17,19-22H2,(H2,38,39,40)(H3,30,32,34,35). The highest BCUT2D eigenvalue weighted by atomic mass is 31.2. The van der Waals surface area contributed by atoms with Crippen LogP contribution in [0.2, 0.25) is 0 Å². The van der Waals surface area contributed by atoms with Gasteiger partial charge in [0.05, 0.1) is 6.16 Å². The van der Waals surface area contributed by atoms with Crippen LogP contribution in [0.1, 0.15) is 70.6 Å². The molecule has 5 rings (SSSR count). The number of piperazine rings is 1. The maximum absolute atomic E-state index is 11.2. The van der Waals surface area contributed by atoms with E-state index in [4.69, 9.17) is 20.5 Å². The first kappa shape index (κ1) is 31.0. The molecule has 7 N–H and O–H groups in total. The Balaban J connectivity index is 0.974. The smallest absolute Gasteiger partial charge is 0.326 e. The third-order valence-electron chi connectivity index (χ3n) is 9.91. The molecule has 0 amide bonds. The SMILES string of the molecule is Nc1cc(N2CCN(CCP(=O)(O)O)CC2)nc(NCC2CCC(CNCC3(CNC4CCCCC4)CC3)CC2)n1. The van der Waals surface area contributed by atoms with Gasteiger partial charge in [-0.3, -0.25) is 9.46 Å². The van der Waals surface area contributed by atoms with E-state index in [1.54, 1.807) is 0 Å². The van der Waals surface area contributed by atoms with Gasteiger partial charge in [0.15, 0.2) is 0 Å². The summed E-state index contributed by atoms with van der Waals surface area (Å²) in [7, 11) is -3.96. The molecule has 4 aliphatic rings. The molecule has 0 aromatic carbocycles. The molecule has 1 aromatic heterocycles. The van der Waals surface area contributed by atoms with E-state index in [0.717, 1.165) is 57.0 Å². The van der Waals surface area contributed by atoms with Crippen LogP contribution in [0.5, 0.6) is 0 Å². The number of nitrogens with zero attached hydrogens (tertiary/aromatic N) is 4. The molecular weight excluding hydrogens is 539 g/mol. The van der Waals surface area contributed by atoms with Crippen molar-refractivity contribution in [3.63, 3.8) is 0 Å². The Morgan fingerprint density at radius 3 is 2.27 bits per heavy atom. The fourth-order valence-corrected chi connectivity index (χ4v) is 7.39. The summed E-state index contributed by atoms with van der Waals surface area (Å²) in [5.74, 6) is 3.27. The fraction of sp³-hybridized carbons (Fsp3) is 0.862. The molecule has 3 saturated carbocycles. The van der Waals surface area contributed by atoms with Gasteiger partial charge in [-0.15, -0.1) is 0 Å². The van der Waals surface area contributed by atoms with Gasteiger partial charge in [0, 0.05) is 64.5 Å². The Kier molecular flexibility index (Phi) is 10.8. The predicted molar refractivity (Wildman–Crippen MR) is 165 cm³/mol. The average molecular weight is 593 g/mol. The highest BCUT2D eigenvalue weighted by Crippen LogP contribution is 2.44. The summed E-state index contributed by atoms with van der Waals surface area (Å²) >= 11 is 0. The molecule has 2 heterocycles. The minimum atomic E-state index is -3.96. The van der Waals surface area contributed by atoms with Crippen molar-refractivity contribution in [3.8, 4) is 0 Å². The largest absolute Gasteiger partial charge is 0.383 e. The summed E-state index contributed by atoms with van der Waals surface area (Å²) in [4.78, 5) is 31.7. The lowest BCUT2D eigenvalue weighted by atomic mass is 9.82. The zero-order valence-corrected chi connectivity index (χ0v) is 25.7. The zero-order chi connectivity index (χ0) is 28.7. The van der Waals surface area contributed by atoms with Crippen LogP contribution in [-0.2, 0) is 4.57 Å². The van der Waals surface area contributed by atoms with Crippen molar-refractivity contribution in [2.75, 3.05) is 81.0 Å². The molecule has 12 heteroatoms. The number of nitrogen functional groups attached to an aromatic ring is 1. The molecule has 232 valence electrons. The molecule has 0 unspecified atom stereocenters. The summed E-state index contributed by atoms with van der Waals surface area (Å²) < 4.78 is 11.2. The molecule has 11 nitrogen and oxygen atoms in total. The van der Waals surface area contributed by atoms with Crippen LogP contribution in [0.15, 0.2) is 6.07 Å².